The van der Waals surface area contributed by atoms with Crippen molar-refractivity contribution in [1.29, 1.82) is 0 Å². The van der Waals surface area contributed by atoms with Crippen LogP contribution in [-0.4, -0.2) is 23.9 Å². The molecule has 0 spiro atoms. The highest BCUT2D eigenvalue weighted by molar-refractivity contribution is 5.17. The van der Waals surface area contributed by atoms with Crippen molar-refractivity contribution in [2.75, 3.05) is 13.2 Å². The van der Waals surface area contributed by atoms with Crippen LogP contribution in [0.25, 0.3) is 0 Å². The molecule has 0 amide bonds. The van der Waals surface area contributed by atoms with Gasteiger partial charge in [-0.3, -0.25) is 0 Å². The molecule has 2 heteroatoms. The monoisotopic (exact) mass is 318 g/mol. The molecule has 2 nitrogen and oxygen atoms in total. The van der Waals surface area contributed by atoms with Crippen molar-refractivity contribution in [3.63, 3.8) is 0 Å². The molecule has 23 heavy (non-hydrogen) atoms. The second kappa shape index (κ2) is 8.30. The summed E-state index contributed by atoms with van der Waals surface area (Å²) in [6.07, 6.45) is 7.77. The Hall–Kier alpha value is -0.860. The molecule has 1 N–H and O–H groups in total. The van der Waals surface area contributed by atoms with Crippen molar-refractivity contribution < 1.29 is 9.84 Å². The SMILES string of the molecule is CCC(C)(C)C1CCC(Cc2ccccc2)(OCCCO)CC1. The Kier molecular flexibility index (Phi) is 6.67. The van der Waals surface area contributed by atoms with Crippen LogP contribution < -0.4 is 0 Å². The highest BCUT2D eigenvalue weighted by Gasteiger charge is 2.40. The van der Waals surface area contributed by atoms with Crippen molar-refractivity contribution in [2.24, 2.45) is 11.3 Å². The molecule has 1 saturated carbocycles. The first-order chi connectivity index (χ1) is 11.0. The first-order valence-electron chi connectivity index (χ1n) is 9.30. The van der Waals surface area contributed by atoms with Crippen LogP contribution in [0.3, 0.4) is 0 Å². The molecule has 0 bridgehead atoms. The molecule has 0 saturated heterocycles. The summed E-state index contributed by atoms with van der Waals surface area (Å²) < 4.78 is 6.35. The molecule has 0 aromatic heterocycles. The van der Waals surface area contributed by atoms with Gasteiger partial charge in [0, 0.05) is 19.6 Å². The predicted octanol–water partition coefficient (Wildman–Crippen LogP) is 4.99. The van der Waals surface area contributed by atoms with E-state index in [-0.39, 0.29) is 12.2 Å². The Morgan fingerprint density at radius 2 is 1.83 bits per heavy atom. The number of hydrogen-bond acceptors (Lipinski definition) is 2. The fourth-order valence-electron chi connectivity index (χ4n) is 3.91. The van der Waals surface area contributed by atoms with Crippen LogP contribution in [0.4, 0.5) is 0 Å². The van der Waals surface area contributed by atoms with Gasteiger partial charge in [-0.25, -0.2) is 0 Å². The van der Waals surface area contributed by atoms with E-state index in [1.165, 1.54) is 24.8 Å². The molecule has 0 heterocycles. The molecule has 1 aliphatic carbocycles. The zero-order chi connectivity index (χ0) is 16.8. The summed E-state index contributed by atoms with van der Waals surface area (Å²) in [5, 5.41) is 9.07. The van der Waals surface area contributed by atoms with Crippen LogP contribution in [0, 0.1) is 11.3 Å². The Morgan fingerprint density at radius 3 is 2.39 bits per heavy atom. The third-order valence-electron chi connectivity index (χ3n) is 5.99. The number of benzene rings is 1. The summed E-state index contributed by atoms with van der Waals surface area (Å²) in [5.74, 6) is 0.804. The first-order valence-corrected chi connectivity index (χ1v) is 9.30. The molecule has 0 aliphatic heterocycles. The van der Waals surface area contributed by atoms with Gasteiger partial charge in [-0.2, -0.15) is 0 Å². The van der Waals surface area contributed by atoms with Gasteiger partial charge >= 0.3 is 0 Å². The highest BCUT2D eigenvalue weighted by atomic mass is 16.5. The van der Waals surface area contributed by atoms with E-state index < -0.39 is 0 Å². The molecular formula is C21H34O2. The summed E-state index contributed by atoms with van der Waals surface area (Å²) in [7, 11) is 0. The number of hydrogen-bond donors (Lipinski definition) is 1. The molecule has 2 rings (SSSR count). The van der Waals surface area contributed by atoms with Crippen LogP contribution >= 0.6 is 0 Å². The molecule has 0 radical (unpaired) electrons. The lowest BCUT2D eigenvalue weighted by atomic mass is 9.65. The number of aliphatic hydroxyl groups is 1. The zero-order valence-corrected chi connectivity index (χ0v) is 15.2. The van der Waals surface area contributed by atoms with Crippen LogP contribution in [0.15, 0.2) is 30.3 Å². The molecule has 130 valence electrons. The van der Waals surface area contributed by atoms with Gasteiger partial charge in [0.1, 0.15) is 0 Å². The lowest BCUT2D eigenvalue weighted by Gasteiger charge is -2.45. The van der Waals surface area contributed by atoms with Crippen LogP contribution in [-0.2, 0) is 11.2 Å². The van der Waals surface area contributed by atoms with E-state index in [4.69, 9.17) is 9.84 Å². The van der Waals surface area contributed by atoms with Gasteiger partial charge in [0.05, 0.1) is 5.60 Å². The van der Waals surface area contributed by atoms with Gasteiger partial charge in [-0.15, -0.1) is 0 Å². The standard InChI is InChI=1S/C21H34O2/c1-4-20(2,3)19-11-13-21(14-12-19,23-16-8-15-22)17-18-9-6-5-7-10-18/h5-7,9-10,19,22H,4,8,11-17H2,1-3H3. The van der Waals surface area contributed by atoms with Gasteiger partial charge < -0.3 is 9.84 Å². The topological polar surface area (TPSA) is 29.5 Å². The van der Waals surface area contributed by atoms with E-state index >= 15 is 0 Å². The van der Waals surface area contributed by atoms with Crippen molar-refractivity contribution in [2.45, 2.75) is 71.3 Å². The van der Waals surface area contributed by atoms with Gasteiger partial charge in [-0.1, -0.05) is 57.5 Å². The molecule has 1 fully saturated rings. The van der Waals surface area contributed by atoms with E-state index in [0.29, 0.717) is 12.0 Å². The van der Waals surface area contributed by atoms with Gasteiger partial charge in [-0.05, 0) is 49.0 Å². The van der Waals surface area contributed by atoms with Crippen molar-refractivity contribution >= 4 is 0 Å². The van der Waals surface area contributed by atoms with Crippen molar-refractivity contribution in [3.05, 3.63) is 35.9 Å². The van der Waals surface area contributed by atoms with Crippen molar-refractivity contribution in [1.82, 2.24) is 0 Å². The minimum absolute atomic E-state index is 0.0309. The van der Waals surface area contributed by atoms with Gasteiger partial charge in [0.25, 0.3) is 0 Å². The minimum Gasteiger partial charge on any atom is -0.396 e. The number of aliphatic hydroxyl groups excluding tert-OH is 1. The average molecular weight is 319 g/mol. The minimum atomic E-state index is -0.0309. The summed E-state index contributed by atoms with van der Waals surface area (Å²) >= 11 is 0. The fraction of sp³-hybridized carbons (Fsp3) is 0.714. The van der Waals surface area contributed by atoms with Crippen LogP contribution in [0.1, 0.15) is 64.9 Å². The summed E-state index contributed by atoms with van der Waals surface area (Å²) in [4.78, 5) is 0. The molecule has 1 aromatic carbocycles. The Bertz CT molecular complexity index is 444. The van der Waals surface area contributed by atoms with E-state index in [1.807, 2.05) is 0 Å². The summed E-state index contributed by atoms with van der Waals surface area (Å²) in [6, 6.07) is 10.7. The normalized spacial score (nSPS) is 25.5. The second-order valence-electron chi connectivity index (χ2n) is 7.89. The van der Waals surface area contributed by atoms with Crippen LogP contribution in [0.5, 0.6) is 0 Å². The number of rotatable bonds is 8. The zero-order valence-electron chi connectivity index (χ0n) is 15.2. The second-order valence-corrected chi connectivity index (χ2v) is 7.89. The van der Waals surface area contributed by atoms with E-state index in [2.05, 4.69) is 51.1 Å². The summed E-state index contributed by atoms with van der Waals surface area (Å²) in [5.41, 5.74) is 1.77. The molecule has 0 atom stereocenters. The Morgan fingerprint density at radius 1 is 1.17 bits per heavy atom. The smallest absolute Gasteiger partial charge is 0.0722 e. The maximum absolute atomic E-state index is 9.07. The first kappa shape index (κ1) is 18.5. The Labute approximate surface area is 142 Å². The molecular weight excluding hydrogens is 284 g/mol. The largest absolute Gasteiger partial charge is 0.396 e. The lowest BCUT2D eigenvalue weighted by Crippen LogP contribution is -2.42. The number of ether oxygens (including phenoxy) is 1. The molecule has 1 aliphatic rings. The maximum Gasteiger partial charge on any atom is 0.0722 e. The maximum atomic E-state index is 9.07. The van der Waals surface area contributed by atoms with E-state index in [1.54, 1.807) is 0 Å². The molecule has 1 aromatic rings. The fourth-order valence-corrected chi connectivity index (χ4v) is 3.91. The van der Waals surface area contributed by atoms with Crippen LogP contribution in [0.2, 0.25) is 0 Å². The summed E-state index contributed by atoms with van der Waals surface area (Å²) in [6.45, 7) is 8.02. The predicted molar refractivity (Wildman–Crippen MR) is 96.6 cm³/mol. The molecule has 0 unspecified atom stereocenters. The Balaban J connectivity index is 2.04. The van der Waals surface area contributed by atoms with Gasteiger partial charge in [0.2, 0.25) is 0 Å². The van der Waals surface area contributed by atoms with E-state index in [0.717, 1.165) is 31.6 Å². The third kappa shape index (κ3) is 5.06. The van der Waals surface area contributed by atoms with Gasteiger partial charge in [0.15, 0.2) is 0 Å². The quantitative estimate of drug-likeness (QED) is 0.684. The average Bonchev–Trinajstić information content (AvgIpc) is 2.56. The van der Waals surface area contributed by atoms with Crippen molar-refractivity contribution in [3.8, 4) is 0 Å². The van der Waals surface area contributed by atoms with E-state index in [9.17, 15) is 0 Å². The third-order valence-corrected chi connectivity index (χ3v) is 5.99. The lowest BCUT2D eigenvalue weighted by molar-refractivity contribution is -0.0899. The highest BCUT2D eigenvalue weighted by Crippen LogP contribution is 2.45.